The summed E-state index contributed by atoms with van der Waals surface area (Å²) in [5.41, 5.74) is 5.61. The third-order valence-corrected chi connectivity index (χ3v) is 1.74. The molecule has 13 heavy (non-hydrogen) atoms. The lowest BCUT2D eigenvalue weighted by molar-refractivity contribution is -0.121. The summed E-state index contributed by atoms with van der Waals surface area (Å²) in [4.78, 5) is 11.1. The number of carbonyl (C=O) groups is 1. The molecule has 0 saturated heterocycles. The van der Waals surface area contributed by atoms with Crippen LogP contribution in [0, 0.1) is 0 Å². The summed E-state index contributed by atoms with van der Waals surface area (Å²) in [5, 5.41) is 2.74. The van der Waals surface area contributed by atoms with Gasteiger partial charge < -0.3 is 15.8 Å². The van der Waals surface area contributed by atoms with E-state index < -0.39 is 0 Å². The molecule has 0 heterocycles. The van der Waals surface area contributed by atoms with E-state index in [2.05, 4.69) is 5.32 Å². The van der Waals surface area contributed by atoms with Gasteiger partial charge in [0, 0.05) is 25.6 Å². The summed E-state index contributed by atoms with van der Waals surface area (Å²) in [5.74, 6) is 0.00838. The molecule has 78 valence electrons. The lowest BCUT2D eigenvalue weighted by Gasteiger charge is -2.08. The molecule has 0 fully saturated rings. The van der Waals surface area contributed by atoms with Crippen LogP contribution in [0.3, 0.4) is 0 Å². The summed E-state index contributed by atoms with van der Waals surface area (Å²) < 4.78 is 5.07. The molecule has 4 nitrogen and oxygen atoms in total. The van der Waals surface area contributed by atoms with Gasteiger partial charge in [0.15, 0.2) is 0 Å². The minimum Gasteiger partial charge on any atom is -0.380 e. The van der Waals surface area contributed by atoms with E-state index in [1.54, 1.807) is 0 Å². The van der Waals surface area contributed by atoms with Crippen LogP contribution in [0.2, 0.25) is 0 Å². The van der Waals surface area contributed by atoms with Crippen LogP contribution in [0.5, 0.6) is 0 Å². The number of amides is 1. The molecule has 0 radical (unpaired) electrons. The van der Waals surface area contributed by atoms with Gasteiger partial charge in [-0.3, -0.25) is 4.79 Å². The molecule has 0 aromatic carbocycles. The van der Waals surface area contributed by atoms with E-state index in [1.165, 1.54) is 0 Å². The van der Waals surface area contributed by atoms with Crippen LogP contribution in [0.4, 0.5) is 0 Å². The molecule has 0 aliphatic heterocycles. The highest BCUT2D eigenvalue weighted by Crippen LogP contribution is 1.92. The van der Waals surface area contributed by atoms with Crippen molar-refractivity contribution >= 4 is 5.91 Å². The Kier molecular flexibility index (Phi) is 7.63. The van der Waals surface area contributed by atoms with E-state index in [0.717, 1.165) is 6.42 Å². The average molecular weight is 188 g/mol. The van der Waals surface area contributed by atoms with Crippen molar-refractivity contribution < 1.29 is 9.53 Å². The van der Waals surface area contributed by atoms with Crippen molar-refractivity contribution in [2.75, 3.05) is 19.8 Å². The lowest BCUT2D eigenvalue weighted by atomic mass is 10.1. The van der Waals surface area contributed by atoms with Crippen molar-refractivity contribution in [1.29, 1.82) is 0 Å². The second kappa shape index (κ2) is 8.01. The van der Waals surface area contributed by atoms with Crippen molar-refractivity contribution in [3.05, 3.63) is 0 Å². The summed E-state index contributed by atoms with van der Waals surface area (Å²) in [6.45, 7) is 5.73. The first kappa shape index (κ1) is 12.4. The van der Waals surface area contributed by atoms with Crippen LogP contribution in [0.1, 0.15) is 26.7 Å². The maximum Gasteiger partial charge on any atom is 0.221 e. The number of rotatable bonds is 7. The Morgan fingerprint density at radius 1 is 1.54 bits per heavy atom. The molecule has 0 aromatic heterocycles. The van der Waals surface area contributed by atoms with Gasteiger partial charge in [-0.2, -0.15) is 0 Å². The van der Waals surface area contributed by atoms with Crippen LogP contribution in [-0.2, 0) is 9.53 Å². The van der Waals surface area contributed by atoms with Crippen molar-refractivity contribution in [3.8, 4) is 0 Å². The topological polar surface area (TPSA) is 64.3 Å². The second-order valence-corrected chi connectivity index (χ2v) is 2.92. The van der Waals surface area contributed by atoms with Gasteiger partial charge in [-0.1, -0.05) is 6.92 Å². The first-order valence-corrected chi connectivity index (χ1v) is 4.80. The highest BCUT2D eigenvalue weighted by atomic mass is 16.5. The minimum absolute atomic E-state index is 0.00838. The number of nitrogens with two attached hydrogens (primary N) is 1. The molecular formula is C9H20N2O2. The summed E-state index contributed by atoms with van der Waals surface area (Å²) in [6.07, 6.45) is 1.24. The van der Waals surface area contributed by atoms with E-state index in [1.807, 2.05) is 13.8 Å². The molecule has 0 bridgehead atoms. The van der Waals surface area contributed by atoms with Crippen molar-refractivity contribution in [2.24, 2.45) is 5.73 Å². The van der Waals surface area contributed by atoms with Crippen LogP contribution >= 0.6 is 0 Å². The number of hydrogen-bond donors (Lipinski definition) is 2. The number of ether oxygens (including phenoxy) is 1. The number of nitrogens with one attached hydrogen (secondary N) is 1. The predicted octanol–water partition coefficient (Wildman–Crippen LogP) is 0.267. The van der Waals surface area contributed by atoms with Crippen molar-refractivity contribution in [2.45, 2.75) is 32.7 Å². The third kappa shape index (κ3) is 7.74. The second-order valence-electron chi connectivity index (χ2n) is 2.92. The molecule has 0 saturated carbocycles. The lowest BCUT2D eigenvalue weighted by Crippen LogP contribution is -2.33. The van der Waals surface area contributed by atoms with Crippen LogP contribution in [-0.4, -0.2) is 31.7 Å². The first-order valence-electron chi connectivity index (χ1n) is 4.80. The zero-order valence-electron chi connectivity index (χ0n) is 8.51. The molecule has 0 rings (SSSR count). The predicted molar refractivity (Wildman–Crippen MR) is 52.4 cm³/mol. The Bertz CT molecular complexity index is 140. The van der Waals surface area contributed by atoms with Gasteiger partial charge in [0.2, 0.25) is 5.91 Å². The van der Waals surface area contributed by atoms with Gasteiger partial charge in [0.25, 0.3) is 0 Å². The van der Waals surface area contributed by atoms with Crippen LogP contribution < -0.4 is 11.1 Å². The maximum absolute atomic E-state index is 11.1. The average Bonchev–Trinajstić information content (AvgIpc) is 2.12. The molecule has 1 atom stereocenters. The maximum atomic E-state index is 11.1. The summed E-state index contributed by atoms with van der Waals surface area (Å²) in [6, 6.07) is -0.0212. The molecular weight excluding hydrogens is 168 g/mol. The summed E-state index contributed by atoms with van der Waals surface area (Å²) in [7, 11) is 0. The highest BCUT2D eigenvalue weighted by molar-refractivity contribution is 5.76. The first-order chi connectivity index (χ1) is 6.20. The molecule has 0 aliphatic carbocycles. The van der Waals surface area contributed by atoms with Gasteiger partial charge in [0.1, 0.15) is 0 Å². The standard InChI is InChI=1S/C9H20N2O2/c1-3-8(10)7-9(12)11-5-6-13-4-2/h8H,3-7,10H2,1-2H3,(H,11,12). The molecule has 0 aliphatic rings. The van der Waals surface area contributed by atoms with E-state index in [9.17, 15) is 4.79 Å². The van der Waals surface area contributed by atoms with Crippen molar-refractivity contribution in [3.63, 3.8) is 0 Å². The Labute approximate surface area is 79.8 Å². The Morgan fingerprint density at radius 2 is 2.23 bits per heavy atom. The largest absolute Gasteiger partial charge is 0.380 e. The molecule has 1 amide bonds. The fourth-order valence-corrected chi connectivity index (χ4v) is 0.862. The van der Waals surface area contributed by atoms with Crippen molar-refractivity contribution in [1.82, 2.24) is 5.32 Å². The quantitative estimate of drug-likeness (QED) is 0.563. The molecule has 1 unspecified atom stereocenters. The Morgan fingerprint density at radius 3 is 2.77 bits per heavy atom. The minimum atomic E-state index is -0.0212. The van der Waals surface area contributed by atoms with Gasteiger partial charge >= 0.3 is 0 Å². The smallest absolute Gasteiger partial charge is 0.221 e. The van der Waals surface area contributed by atoms with Gasteiger partial charge in [-0.25, -0.2) is 0 Å². The monoisotopic (exact) mass is 188 g/mol. The van der Waals surface area contributed by atoms with Gasteiger partial charge in [-0.15, -0.1) is 0 Å². The Hall–Kier alpha value is -0.610. The zero-order chi connectivity index (χ0) is 10.1. The van der Waals surface area contributed by atoms with E-state index in [-0.39, 0.29) is 11.9 Å². The van der Waals surface area contributed by atoms with E-state index >= 15 is 0 Å². The van der Waals surface area contributed by atoms with Gasteiger partial charge in [-0.05, 0) is 13.3 Å². The number of carbonyl (C=O) groups excluding carboxylic acids is 1. The molecule has 4 heteroatoms. The number of hydrogen-bond acceptors (Lipinski definition) is 3. The fraction of sp³-hybridized carbons (Fsp3) is 0.889. The molecule has 0 spiro atoms. The highest BCUT2D eigenvalue weighted by Gasteiger charge is 2.05. The Balaban J connectivity index is 3.30. The third-order valence-electron chi connectivity index (χ3n) is 1.74. The van der Waals surface area contributed by atoms with E-state index in [0.29, 0.717) is 26.2 Å². The van der Waals surface area contributed by atoms with E-state index in [4.69, 9.17) is 10.5 Å². The molecule has 3 N–H and O–H groups in total. The zero-order valence-corrected chi connectivity index (χ0v) is 8.51. The normalized spacial score (nSPS) is 12.5. The SMILES string of the molecule is CCOCCNC(=O)CC(N)CC. The van der Waals surface area contributed by atoms with Crippen LogP contribution in [0.15, 0.2) is 0 Å². The summed E-state index contributed by atoms with van der Waals surface area (Å²) >= 11 is 0. The molecule has 0 aromatic rings. The fourth-order valence-electron chi connectivity index (χ4n) is 0.862. The van der Waals surface area contributed by atoms with Crippen LogP contribution in [0.25, 0.3) is 0 Å². The van der Waals surface area contributed by atoms with Gasteiger partial charge in [0.05, 0.1) is 6.61 Å².